The van der Waals surface area contributed by atoms with E-state index in [2.05, 4.69) is 5.32 Å². The number of fused-ring (bicyclic) bond motifs is 1. The quantitative estimate of drug-likeness (QED) is 0.464. The van der Waals surface area contributed by atoms with Crippen molar-refractivity contribution in [2.75, 3.05) is 11.9 Å². The van der Waals surface area contributed by atoms with Gasteiger partial charge in [0.15, 0.2) is 0 Å². The number of rotatable bonds is 5. The maximum atomic E-state index is 12.5. The Morgan fingerprint density at radius 2 is 1.82 bits per heavy atom. The summed E-state index contributed by atoms with van der Waals surface area (Å²) >= 11 is 12.0. The molecule has 1 aromatic heterocycles. The zero-order valence-electron chi connectivity index (χ0n) is 16.2. The minimum Gasteiger partial charge on any atom is -0.493 e. The molecule has 0 aliphatic rings. The van der Waals surface area contributed by atoms with Crippen molar-refractivity contribution in [2.45, 2.75) is 27.7 Å². The third kappa shape index (κ3) is 4.34. The van der Waals surface area contributed by atoms with E-state index in [0.29, 0.717) is 28.1 Å². The first-order chi connectivity index (χ1) is 13.3. The van der Waals surface area contributed by atoms with E-state index in [0.717, 1.165) is 33.4 Å². The predicted octanol–water partition coefficient (Wildman–Crippen LogP) is 6.80. The van der Waals surface area contributed by atoms with Crippen molar-refractivity contribution in [3.8, 4) is 5.75 Å². The number of hydrogen-bond acceptors (Lipinski definition) is 3. The molecule has 0 atom stereocenters. The number of anilines is 1. The van der Waals surface area contributed by atoms with Gasteiger partial charge >= 0.3 is 0 Å². The SMILES string of the molecule is CCOc1cc2oc(C)c(C)c2cc1/C(C)=C/C(=O)Nc1cc(Cl)cc(Cl)c1. The highest BCUT2D eigenvalue weighted by molar-refractivity contribution is 6.35. The molecule has 146 valence electrons. The molecule has 28 heavy (non-hydrogen) atoms. The van der Waals surface area contributed by atoms with Crippen molar-refractivity contribution >= 4 is 51.3 Å². The van der Waals surface area contributed by atoms with Crippen LogP contribution in [0.15, 0.2) is 40.8 Å². The van der Waals surface area contributed by atoms with Crippen LogP contribution in [0.4, 0.5) is 5.69 Å². The first-order valence-corrected chi connectivity index (χ1v) is 9.66. The van der Waals surface area contributed by atoms with Crippen LogP contribution in [0, 0.1) is 13.8 Å². The average molecular weight is 418 g/mol. The number of amides is 1. The molecule has 6 heteroatoms. The molecule has 1 amide bonds. The van der Waals surface area contributed by atoms with Gasteiger partial charge in [0.05, 0.1) is 6.61 Å². The van der Waals surface area contributed by atoms with Gasteiger partial charge < -0.3 is 14.5 Å². The fraction of sp³-hybridized carbons (Fsp3) is 0.227. The molecule has 4 nitrogen and oxygen atoms in total. The number of nitrogens with one attached hydrogen (secondary N) is 1. The number of ether oxygens (including phenoxy) is 1. The Kier molecular flexibility index (Phi) is 6.01. The highest BCUT2D eigenvalue weighted by atomic mass is 35.5. The summed E-state index contributed by atoms with van der Waals surface area (Å²) in [6, 6.07) is 8.77. The van der Waals surface area contributed by atoms with Crippen LogP contribution in [0.3, 0.4) is 0 Å². The van der Waals surface area contributed by atoms with Crippen LogP contribution < -0.4 is 10.1 Å². The Morgan fingerprint density at radius 3 is 2.46 bits per heavy atom. The third-order valence-corrected chi connectivity index (χ3v) is 4.92. The molecule has 0 spiro atoms. The number of carbonyl (C=O) groups is 1. The zero-order chi connectivity index (χ0) is 20.4. The normalized spacial score (nSPS) is 11.7. The first kappa shape index (κ1) is 20.3. The molecule has 0 radical (unpaired) electrons. The van der Waals surface area contributed by atoms with Gasteiger partial charge in [0.25, 0.3) is 0 Å². The molecule has 1 heterocycles. The molecule has 0 saturated heterocycles. The molecular formula is C22H21Cl2NO3. The fourth-order valence-corrected chi connectivity index (χ4v) is 3.56. The van der Waals surface area contributed by atoms with Crippen molar-refractivity contribution < 1.29 is 13.9 Å². The van der Waals surface area contributed by atoms with Crippen molar-refractivity contribution in [2.24, 2.45) is 0 Å². The Balaban J connectivity index is 1.96. The van der Waals surface area contributed by atoms with Gasteiger partial charge in [-0.05, 0) is 63.1 Å². The Morgan fingerprint density at radius 1 is 1.14 bits per heavy atom. The van der Waals surface area contributed by atoms with Gasteiger partial charge in [0.2, 0.25) is 5.91 Å². The van der Waals surface area contributed by atoms with Crippen molar-refractivity contribution in [1.29, 1.82) is 0 Å². The van der Waals surface area contributed by atoms with E-state index in [9.17, 15) is 4.79 Å². The van der Waals surface area contributed by atoms with E-state index in [-0.39, 0.29) is 5.91 Å². The van der Waals surface area contributed by atoms with Crippen LogP contribution in [0.5, 0.6) is 5.75 Å². The molecule has 3 rings (SSSR count). The maximum absolute atomic E-state index is 12.5. The minimum atomic E-state index is -0.279. The summed E-state index contributed by atoms with van der Waals surface area (Å²) in [5.41, 5.74) is 4.00. The molecule has 2 aromatic carbocycles. The van der Waals surface area contributed by atoms with Crippen LogP contribution in [0.1, 0.15) is 30.7 Å². The summed E-state index contributed by atoms with van der Waals surface area (Å²) in [6.45, 7) is 8.25. The van der Waals surface area contributed by atoms with Crippen LogP contribution >= 0.6 is 23.2 Å². The summed E-state index contributed by atoms with van der Waals surface area (Å²) in [7, 11) is 0. The Hall–Kier alpha value is -2.43. The molecule has 0 fully saturated rings. The number of hydrogen-bond donors (Lipinski definition) is 1. The van der Waals surface area contributed by atoms with Gasteiger partial charge in [-0.2, -0.15) is 0 Å². The van der Waals surface area contributed by atoms with Crippen LogP contribution in [0.25, 0.3) is 16.5 Å². The second kappa shape index (κ2) is 8.29. The van der Waals surface area contributed by atoms with Crippen LogP contribution in [0.2, 0.25) is 10.0 Å². The summed E-state index contributed by atoms with van der Waals surface area (Å²) in [6.07, 6.45) is 1.53. The molecule has 0 aliphatic heterocycles. The van der Waals surface area contributed by atoms with Gasteiger partial charge in [0, 0.05) is 38.8 Å². The standard InChI is InChI=1S/C22H21Cl2NO3/c1-5-27-20-11-21-19(13(3)14(4)28-21)10-18(20)12(2)6-22(26)25-17-8-15(23)7-16(24)9-17/h6-11H,5H2,1-4H3,(H,25,26)/b12-6+. The lowest BCUT2D eigenvalue weighted by molar-refractivity contribution is -0.111. The molecule has 0 saturated carbocycles. The van der Waals surface area contributed by atoms with Gasteiger partial charge in [-0.15, -0.1) is 0 Å². The zero-order valence-corrected chi connectivity index (χ0v) is 17.7. The summed E-state index contributed by atoms with van der Waals surface area (Å²) < 4.78 is 11.6. The highest BCUT2D eigenvalue weighted by Crippen LogP contribution is 2.35. The van der Waals surface area contributed by atoms with E-state index < -0.39 is 0 Å². The number of halogens is 2. The van der Waals surface area contributed by atoms with E-state index in [1.165, 1.54) is 6.08 Å². The van der Waals surface area contributed by atoms with E-state index in [1.54, 1.807) is 18.2 Å². The lowest BCUT2D eigenvalue weighted by Crippen LogP contribution is -2.08. The van der Waals surface area contributed by atoms with E-state index >= 15 is 0 Å². The van der Waals surface area contributed by atoms with Crippen LogP contribution in [-0.2, 0) is 4.79 Å². The lowest BCUT2D eigenvalue weighted by atomic mass is 10.0. The second-order valence-electron chi connectivity index (χ2n) is 6.54. The minimum absolute atomic E-state index is 0.279. The van der Waals surface area contributed by atoms with Crippen molar-refractivity contribution in [3.05, 3.63) is 63.3 Å². The third-order valence-electron chi connectivity index (χ3n) is 4.48. The monoisotopic (exact) mass is 417 g/mol. The number of furan rings is 1. The van der Waals surface area contributed by atoms with E-state index in [4.69, 9.17) is 32.4 Å². The smallest absolute Gasteiger partial charge is 0.248 e. The van der Waals surface area contributed by atoms with Gasteiger partial charge in [-0.25, -0.2) is 0 Å². The summed E-state index contributed by atoms with van der Waals surface area (Å²) in [4.78, 5) is 12.5. The van der Waals surface area contributed by atoms with E-state index in [1.807, 2.05) is 39.8 Å². The Bertz CT molecular complexity index is 1060. The van der Waals surface area contributed by atoms with Crippen molar-refractivity contribution in [1.82, 2.24) is 0 Å². The predicted molar refractivity (Wildman–Crippen MR) is 116 cm³/mol. The van der Waals surface area contributed by atoms with Gasteiger partial charge in [0.1, 0.15) is 17.1 Å². The highest BCUT2D eigenvalue weighted by Gasteiger charge is 2.15. The summed E-state index contributed by atoms with van der Waals surface area (Å²) in [5.74, 6) is 1.27. The second-order valence-corrected chi connectivity index (χ2v) is 7.41. The number of aryl methyl sites for hydroxylation is 2. The van der Waals surface area contributed by atoms with Crippen molar-refractivity contribution in [3.63, 3.8) is 0 Å². The molecule has 0 bridgehead atoms. The molecule has 0 unspecified atom stereocenters. The van der Waals surface area contributed by atoms with Gasteiger partial charge in [-0.3, -0.25) is 4.79 Å². The topological polar surface area (TPSA) is 51.5 Å². The average Bonchev–Trinajstić information content (AvgIpc) is 2.87. The number of allylic oxidation sites excluding steroid dienone is 1. The lowest BCUT2D eigenvalue weighted by Gasteiger charge is -2.11. The number of benzene rings is 2. The molecular weight excluding hydrogens is 397 g/mol. The fourth-order valence-electron chi connectivity index (χ4n) is 3.03. The molecule has 1 N–H and O–H groups in total. The molecule has 0 aliphatic carbocycles. The molecule has 3 aromatic rings. The first-order valence-electron chi connectivity index (χ1n) is 8.90. The van der Waals surface area contributed by atoms with Crippen LogP contribution in [-0.4, -0.2) is 12.5 Å². The van der Waals surface area contributed by atoms with Gasteiger partial charge in [-0.1, -0.05) is 23.2 Å². The maximum Gasteiger partial charge on any atom is 0.248 e. The Labute approximate surface area is 174 Å². The summed E-state index contributed by atoms with van der Waals surface area (Å²) in [5, 5.41) is 4.70. The number of carbonyl (C=O) groups excluding carboxylic acids is 1. The largest absolute Gasteiger partial charge is 0.493 e.